The molecule has 3 saturated heterocycles. The number of rotatable bonds is 2. The van der Waals surface area contributed by atoms with Crippen LogP contribution >= 0.6 is 0 Å². The predicted octanol–water partition coefficient (Wildman–Crippen LogP) is 1.25. The van der Waals surface area contributed by atoms with Gasteiger partial charge in [-0.3, -0.25) is 9.80 Å². The topological polar surface area (TPSA) is 9.72 Å². The van der Waals surface area contributed by atoms with E-state index in [1.165, 1.54) is 71.5 Å². The number of hydrogen-bond donors (Lipinski definition) is 0. The first-order valence-corrected chi connectivity index (χ1v) is 7.57. The lowest BCUT2D eigenvalue weighted by Crippen LogP contribution is -2.57. The van der Waals surface area contributed by atoms with Crippen LogP contribution in [0.25, 0.3) is 0 Å². The molecule has 0 aromatic rings. The minimum atomic E-state index is 0.853. The highest BCUT2D eigenvalue weighted by Gasteiger charge is 2.34. The minimum Gasteiger partial charge on any atom is -0.302 e. The molecular formula is C14H27N3. The molecule has 0 amide bonds. The molecule has 0 spiro atoms. The molecule has 0 radical (unpaired) electrons. The number of nitrogens with zero attached hydrogens (tertiary/aromatic N) is 3. The summed E-state index contributed by atoms with van der Waals surface area (Å²) in [4.78, 5) is 8.15. The molecule has 0 bridgehead atoms. The van der Waals surface area contributed by atoms with Gasteiger partial charge in [0, 0.05) is 38.3 Å². The lowest BCUT2D eigenvalue weighted by atomic mass is 10.0. The second kappa shape index (κ2) is 5.25. The van der Waals surface area contributed by atoms with Gasteiger partial charge >= 0.3 is 0 Å². The Bertz CT molecular complexity index is 256. The molecule has 2 unspecified atom stereocenters. The zero-order chi connectivity index (χ0) is 11.7. The Balaban J connectivity index is 1.57. The van der Waals surface area contributed by atoms with Crippen molar-refractivity contribution in [2.24, 2.45) is 0 Å². The van der Waals surface area contributed by atoms with Gasteiger partial charge in [-0.15, -0.1) is 0 Å². The van der Waals surface area contributed by atoms with Crippen molar-refractivity contribution in [2.45, 2.75) is 44.7 Å². The van der Waals surface area contributed by atoms with Crippen molar-refractivity contribution in [3.8, 4) is 0 Å². The van der Waals surface area contributed by atoms with E-state index >= 15 is 0 Å². The maximum Gasteiger partial charge on any atom is 0.0224 e. The first kappa shape index (κ1) is 11.9. The van der Waals surface area contributed by atoms with Crippen LogP contribution in [0.1, 0.15) is 32.6 Å². The molecule has 3 heteroatoms. The van der Waals surface area contributed by atoms with Gasteiger partial charge in [0.1, 0.15) is 0 Å². The van der Waals surface area contributed by atoms with Crippen LogP contribution in [0.5, 0.6) is 0 Å². The van der Waals surface area contributed by atoms with E-state index < -0.39 is 0 Å². The van der Waals surface area contributed by atoms with Crippen molar-refractivity contribution >= 4 is 0 Å². The fraction of sp³-hybridized carbons (Fsp3) is 1.00. The van der Waals surface area contributed by atoms with Gasteiger partial charge in [-0.05, 0) is 45.3 Å². The van der Waals surface area contributed by atoms with Crippen LogP contribution in [0.2, 0.25) is 0 Å². The second-order valence-electron chi connectivity index (χ2n) is 6.02. The van der Waals surface area contributed by atoms with Crippen molar-refractivity contribution in [1.82, 2.24) is 14.7 Å². The number of hydrogen-bond acceptors (Lipinski definition) is 3. The van der Waals surface area contributed by atoms with Gasteiger partial charge < -0.3 is 4.90 Å². The number of piperidine rings is 1. The third-order valence-electron chi connectivity index (χ3n) is 5.06. The molecule has 0 saturated carbocycles. The summed E-state index contributed by atoms with van der Waals surface area (Å²) < 4.78 is 0. The fourth-order valence-corrected chi connectivity index (χ4v) is 3.96. The van der Waals surface area contributed by atoms with Crippen LogP contribution < -0.4 is 0 Å². The zero-order valence-corrected chi connectivity index (χ0v) is 11.3. The number of piperazine rings is 1. The largest absolute Gasteiger partial charge is 0.302 e. The molecule has 17 heavy (non-hydrogen) atoms. The highest BCUT2D eigenvalue weighted by atomic mass is 15.3. The van der Waals surface area contributed by atoms with Crippen LogP contribution in [0.3, 0.4) is 0 Å². The Morgan fingerprint density at radius 2 is 1.53 bits per heavy atom. The predicted molar refractivity (Wildman–Crippen MR) is 71.3 cm³/mol. The van der Waals surface area contributed by atoms with Crippen LogP contribution in [-0.2, 0) is 0 Å². The molecule has 2 atom stereocenters. The lowest BCUT2D eigenvalue weighted by molar-refractivity contribution is 0.0373. The maximum atomic E-state index is 2.80. The van der Waals surface area contributed by atoms with Gasteiger partial charge in [0.15, 0.2) is 0 Å². The van der Waals surface area contributed by atoms with E-state index in [2.05, 4.69) is 21.6 Å². The standard InChI is InChI=1S/C14H27N3/c1-2-15-7-3-5-13(11-15)17-10-9-16-8-4-6-14(16)12-17/h13-14H,2-12H2,1H3. The van der Waals surface area contributed by atoms with E-state index in [4.69, 9.17) is 0 Å². The van der Waals surface area contributed by atoms with Crippen molar-refractivity contribution in [3.05, 3.63) is 0 Å². The van der Waals surface area contributed by atoms with Crippen molar-refractivity contribution < 1.29 is 0 Å². The third-order valence-corrected chi connectivity index (χ3v) is 5.06. The number of likely N-dealkylation sites (N-methyl/N-ethyl adjacent to an activating group) is 1. The summed E-state index contributed by atoms with van der Waals surface area (Å²) in [5, 5.41) is 0. The normalized spacial score (nSPS) is 37.2. The van der Waals surface area contributed by atoms with Crippen molar-refractivity contribution in [3.63, 3.8) is 0 Å². The van der Waals surface area contributed by atoms with Crippen LogP contribution in [0.15, 0.2) is 0 Å². The van der Waals surface area contributed by atoms with E-state index in [-0.39, 0.29) is 0 Å². The summed E-state index contributed by atoms with van der Waals surface area (Å²) in [6.45, 7) is 11.6. The van der Waals surface area contributed by atoms with Gasteiger partial charge in [0.25, 0.3) is 0 Å². The van der Waals surface area contributed by atoms with E-state index in [9.17, 15) is 0 Å². The van der Waals surface area contributed by atoms with Gasteiger partial charge in [0.2, 0.25) is 0 Å². The van der Waals surface area contributed by atoms with Crippen LogP contribution in [0.4, 0.5) is 0 Å². The molecule has 0 aliphatic carbocycles. The maximum absolute atomic E-state index is 2.80. The third kappa shape index (κ3) is 2.51. The molecule has 3 aliphatic heterocycles. The van der Waals surface area contributed by atoms with Crippen molar-refractivity contribution in [1.29, 1.82) is 0 Å². The highest BCUT2D eigenvalue weighted by Crippen LogP contribution is 2.25. The second-order valence-corrected chi connectivity index (χ2v) is 6.02. The molecule has 98 valence electrons. The molecular weight excluding hydrogens is 210 g/mol. The monoisotopic (exact) mass is 237 g/mol. The van der Waals surface area contributed by atoms with E-state index in [0.29, 0.717) is 0 Å². The van der Waals surface area contributed by atoms with Gasteiger partial charge in [-0.1, -0.05) is 6.92 Å². The first-order valence-electron chi connectivity index (χ1n) is 7.57. The smallest absolute Gasteiger partial charge is 0.0224 e. The van der Waals surface area contributed by atoms with E-state index in [1.54, 1.807) is 0 Å². The average Bonchev–Trinajstić information content (AvgIpc) is 2.86. The van der Waals surface area contributed by atoms with Gasteiger partial charge in [-0.25, -0.2) is 0 Å². The molecule has 3 nitrogen and oxygen atoms in total. The lowest BCUT2D eigenvalue weighted by Gasteiger charge is -2.45. The summed E-state index contributed by atoms with van der Waals surface area (Å²) in [6, 6.07) is 1.74. The van der Waals surface area contributed by atoms with Crippen molar-refractivity contribution in [2.75, 3.05) is 45.8 Å². The summed E-state index contributed by atoms with van der Waals surface area (Å²) >= 11 is 0. The van der Waals surface area contributed by atoms with E-state index in [0.717, 1.165) is 12.1 Å². The summed E-state index contributed by atoms with van der Waals surface area (Å²) in [6.07, 6.45) is 5.72. The van der Waals surface area contributed by atoms with E-state index in [1.807, 2.05) is 0 Å². The quantitative estimate of drug-likeness (QED) is 0.716. The van der Waals surface area contributed by atoms with Gasteiger partial charge in [-0.2, -0.15) is 0 Å². The summed E-state index contributed by atoms with van der Waals surface area (Å²) in [7, 11) is 0. The van der Waals surface area contributed by atoms with Crippen LogP contribution in [-0.4, -0.2) is 72.6 Å². The molecule has 0 aromatic carbocycles. The Morgan fingerprint density at radius 3 is 2.35 bits per heavy atom. The average molecular weight is 237 g/mol. The van der Waals surface area contributed by atoms with Crippen LogP contribution in [0, 0.1) is 0 Å². The summed E-state index contributed by atoms with van der Waals surface area (Å²) in [5.74, 6) is 0. The Hall–Kier alpha value is -0.120. The molecule has 0 N–H and O–H groups in total. The Morgan fingerprint density at radius 1 is 0.824 bits per heavy atom. The Labute approximate surface area is 106 Å². The number of fused-ring (bicyclic) bond motifs is 1. The zero-order valence-electron chi connectivity index (χ0n) is 11.3. The molecule has 3 fully saturated rings. The molecule has 3 rings (SSSR count). The molecule has 3 aliphatic rings. The number of likely N-dealkylation sites (tertiary alicyclic amines) is 1. The SMILES string of the molecule is CCN1CCCC(N2CCN3CCCC3C2)C1. The minimum absolute atomic E-state index is 0.853. The summed E-state index contributed by atoms with van der Waals surface area (Å²) in [5.41, 5.74) is 0. The molecule has 0 aromatic heterocycles. The fourth-order valence-electron chi connectivity index (χ4n) is 3.96. The van der Waals surface area contributed by atoms with Gasteiger partial charge in [0.05, 0.1) is 0 Å². The highest BCUT2D eigenvalue weighted by molar-refractivity contribution is 4.91. The Kier molecular flexibility index (Phi) is 3.69. The first-order chi connectivity index (χ1) is 8.36. The molecule has 3 heterocycles.